The molecule has 0 aliphatic heterocycles. The molecule has 28 aromatic rings. The Labute approximate surface area is 834 Å². The van der Waals surface area contributed by atoms with Crippen molar-refractivity contribution < 1.29 is 0 Å². The number of aromatic nitrogens is 11. The predicted octanol–water partition coefficient (Wildman–Crippen LogP) is 33.4. The van der Waals surface area contributed by atoms with Gasteiger partial charge in [-0.05, 0) is 172 Å². The Morgan fingerprint density at radius 1 is 0.145 bits per heavy atom. The molecule has 0 N–H and O–H groups in total. The highest BCUT2D eigenvalue weighted by Crippen LogP contribution is 2.58. The Morgan fingerprint density at radius 2 is 0.338 bits per heavy atom. The van der Waals surface area contributed by atoms with Crippen LogP contribution in [0.2, 0.25) is 0 Å². The number of nitrogens with zero attached hydrogens (tertiary/aromatic N) is 12. The number of fused-ring (bicyclic) bond motifs is 15. The summed E-state index contributed by atoms with van der Waals surface area (Å²) >= 11 is 0. The number of rotatable bonds is 16. The van der Waals surface area contributed by atoms with Gasteiger partial charge in [-0.3, -0.25) is 0 Å². The standard InChI is InChI=1S/C87H56N6.C46H28N6/c1-8-28-57(29-9-1)79-81(61-48-51-76-70(54-61)67-42-22-25-45-73(67)91(76)64-36-16-5-17-37-64)80(58-30-10-2-11-31-58)83(63-50-53-78-72(56-63)69-44-24-27-47-75(69)93(78)66-40-20-7-21-41-66)84(87-89-85(59-32-12-3-13-33-59)88-86(90-87)60-34-14-4-15-35-60)82(79)62-49-52-77-71(55-62)68-43-23-26-46-74(68)92(77)65-38-18-6-19-39-65;47-29-37-42(51-38-23-11-7-19-33(38)34-20-8-12-24-39(34)51)27-32(28-43(37)52-40-25-13-9-21-35(40)36-22-10-14-26-41(36)52)46-49-44(30-15-3-1-4-16-30)48-45(50-46)31-17-5-2-6-18-31/h1-56H;1-28H. The van der Waals surface area contributed by atoms with Crippen LogP contribution in [-0.2, 0) is 0 Å². The number of hydrogen-bond acceptors (Lipinski definition) is 7. The number of para-hydroxylation sites is 10. The molecule has 0 aliphatic carbocycles. The van der Waals surface area contributed by atoms with Crippen LogP contribution in [0.25, 0.3) is 261 Å². The first-order chi connectivity index (χ1) is 71.9. The highest BCUT2D eigenvalue weighted by Gasteiger charge is 2.34. The van der Waals surface area contributed by atoms with Crippen LogP contribution in [0.3, 0.4) is 0 Å². The third-order valence-electron chi connectivity index (χ3n) is 28.3. The summed E-state index contributed by atoms with van der Waals surface area (Å²) in [6.07, 6.45) is 0. The van der Waals surface area contributed by atoms with E-state index < -0.39 is 0 Å². The fourth-order valence-corrected chi connectivity index (χ4v) is 22.0. The minimum absolute atomic E-state index is 0.515. The molecule has 0 atom stereocenters. The van der Waals surface area contributed by atoms with Crippen LogP contribution in [-0.4, -0.2) is 52.7 Å². The van der Waals surface area contributed by atoms with Gasteiger partial charge < -0.3 is 22.8 Å². The van der Waals surface area contributed by atoms with Crippen molar-refractivity contribution in [2.75, 3.05) is 0 Å². The van der Waals surface area contributed by atoms with Crippen molar-refractivity contribution in [3.8, 4) is 158 Å². The van der Waals surface area contributed by atoms with Gasteiger partial charge in [-0.25, -0.2) is 29.9 Å². The predicted molar refractivity (Wildman–Crippen MR) is 596 cm³/mol. The van der Waals surface area contributed by atoms with Crippen LogP contribution in [0.5, 0.6) is 0 Å². The topological polar surface area (TPSA) is 126 Å². The van der Waals surface area contributed by atoms with Crippen molar-refractivity contribution in [3.63, 3.8) is 0 Å². The monoisotopic (exact) mass is 1850 g/mol. The maximum Gasteiger partial charge on any atom is 0.165 e. The van der Waals surface area contributed by atoms with Crippen LogP contribution in [0, 0.1) is 11.3 Å². The van der Waals surface area contributed by atoms with Gasteiger partial charge in [0.05, 0.1) is 66.5 Å². The van der Waals surface area contributed by atoms with Gasteiger partial charge in [0.25, 0.3) is 0 Å². The fraction of sp³-hybridized carbons (Fsp3) is 0. The minimum Gasteiger partial charge on any atom is -0.309 e. The van der Waals surface area contributed by atoms with Gasteiger partial charge in [-0.15, -0.1) is 0 Å². The van der Waals surface area contributed by atoms with E-state index in [1.54, 1.807) is 0 Å². The average molecular weight is 1850 g/mol. The Balaban J connectivity index is 0.000000169. The second-order valence-corrected chi connectivity index (χ2v) is 36.6. The van der Waals surface area contributed by atoms with Gasteiger partial charge in [0, 0.05) is 115 Å². The first-order valence-electron chi connectivity index (χ1n) is 48.9. The lowest BCUT2D eigenvalue weighted by molar-refractivity contribution is 1.06. The first kappa shape index (κ1) is 84.4. The molecule has 0 amide bonds. The number of benzene rings is 21. The highest BCUT2D eigenvalue weighted by molar-refractivity contribution is 6.21. The summed E-state index contributed by atoms with van der Waals surface area (Å²) in [6.45, 7) is 0. The van der Waals surface area contributed by atoms with Gasteiger partial charge in [0.1, 0.15) is 11.6 Å². The zero-order valence-electron chi connectivity index (χ0n) is 78.4. The van der Waals surface area contributed by atoms with Crippen molar-refractivity contribution in [3.05, 3.63) is 515 Å². The zero-order valence-corrected chi connectivity index (χ0v) is 78.4. The SMILES string of the molecule is N#Cc1c(-n2c3ccccc3c3ccccc32)cc(-c2nc(-c3ccccc3)nc(-c3ccccc3)n2)cc1-n1c2ccccc2c2ccccc21.c1ccc(-c2nc(-c3ccccc3)nc(-c3c(-c4ccc5c(c4)c4ccccc4n5-c4ccccc4)c(-c4ccccc4)c(-c4ccc5c(c4)c4ccccc4n5-c4ccccc4)c(-c4ccccc4)c3-c3ccc4c(c3)c3ccccc3n4-c3ccccc3)n2)cc1. The molecule has 0 saturated heterocycles. The molecule has 0 radical (unpaired) electrons. The van der Waals surface area contributed by atoms with E-state index in [1.807, 2.05) is 97.1 Å². The largest absolute Gasteiger partial charge is 0.309 e. The van der Waals surface area contributed by atoms with Crippen LogP contribution in [0.1, 0.15) is 5.56 Å². The summed E-state index contributed by atoms with van der Waals surface area (Å²) in [4.78, 5) is 32.3. The molecule has 21 aromatic carbocycles. The summed E-state index contributed by atoms with van der Waals surface area (Å²) < 4.78 is 11.6. The molecular weight excluding hydrogens is 1770 g/mol. The van der Waals surface area contributed by atoms with Crippen molar-refractivity contribution in [1.29, 1.82) is 5.26 Å². The van der Waals surface area contributed by atoms with E-state index in [-0.39, 0.29) is 0 Å². The molecule has 676 valence electrons. The van der Waals surface area contributed by atoms with Crippen LogP contribution in [0.15, 0.2) is 510 Å². The van der Waals surface area contributed by atoms with E-state index in [2.05, 4.69) is 441 Å². The second kappa shape index (κ2) is 35.5. The van der Waals surface area contributed by atoms with Crippen LogP contribution in [0.4, 0.5) is 0 Å². The van der Waals surface area contributed by atoms with E-state index in [9.17, 15) is 5.26 Å². The van der Waals surface area contributed by atoms with E-state index in [4.69, 9.17) is 29.9 Å². The molecule has 12 nitrogen and oxygen atoms in total. The molecule has 0 bridgehead atoms. The average Bonchev–Trinajstić information content (AvgIpc) is 1.66. The Kier molecular flexibility index (Phi) is 20.7. The number of nitriles is 1. The lowest BCUT2D eigenvalue weighted by Crippen LogP contribution is -2.07. The van der Waals surface area contributed by atoms with Crippen molar-refractivity contribution in [1.82, 2.24) is 52.7 Å². The second-order valence-electron chi connectivity index (χ2n) is 36.6. The summed E-state index contributed by atoms with van der Waals surface area (Å²) in [6, 6.07) is 183. The Morgan fingerprint density at radius 3 is 0.600 bits per heavy atom. The molecule has 0 aliphatic rings. The van der Waals surface area contributed by atoms with E-state index in [0.29, 0.717) is 40.5 Å². The normalized spacial score (nSPS) is 11.6. The Bertz CT molecular complexity index is 9410. The van der Waals surface area contributed by atoms with Crippen molar-refractivity contribution in [2.45, 2.75) is 0 Å². The lowest BCUT2D eigenvalue weighted by Gasteiger charge is -2.28. The van der Waals surface area contributed by atoms with Crippen molar-refractivity contribution >= 4 is 109 Å². The lowest BCUT2D eigenvalue weighted by atomic mass is 9.75. The summed E-state index contributed by atoms with van der Waals surface area (Å²) in [5, 5.41) is 22.6. The van der Waals surface area contributed by atoms with Gasteiger partial charge >= 0.3 is 0 Å². The first-order valence-corrected chi connectivity index (χ1v) is 48.9. The maximum atomic E-state index is 11.2. The smallest absolute Gasteiger partial charge is 0.165 e. The van der Waals surface area contributed by atoms with Crippen molar-refractivity contribution in [2.24, 2.45) is 0 Å². The van der Waals surface area contributed by atoms with E-state index >= 15 is 0 Å². The highest BCUT2D eigenvalue weighted by atomic mass is 15.1. The Hall–Kier alpha value is -19.9. The van der Waals surface area contributed by atoms with Crippen LogP contribution < -0.4 is 0 Å². The molecule has 12 heteroatoms. The van der Waals surface area contributed by atoms with Gasteiger partial charge in [0.15, 0.2) is 34.9 Å². The maximum absolute atomic E-state index is 11.2. The third kappa shape index (κ3) is 14.4. The van der Waals surface area contributed by atoms with E-state index in [0.717, 1.165) is 221 Å². The minimum atomic E-state index is 0.515. The number of hydrogen-bond donors (Lipinski definition) is 0. The third-order valence-corrected chi connectivity index (χ3v) is 28.3. The summed E-state index contributed by atoms with van der Waals surface area (Å²) in [7, 11) is 0. The van der Waals surface area contributed by atoms with Gasteiger partial charge in [0.2, 0.25) is 0 Å². The van der Waals surface area contributed by atoms with Gasteiger partial charge in [-0.2, -0.15) is 5.26 Å². The quantitative estimate of drug-likeness (QED) is 0.0943. The molecule has 0 spiro atoms. The zero-order chi connectivity index (χ0) is 95.9. The van der Waals surface area contributed by atoms with Gasteiger partial charge in [-0.1, -0.05) is 382 Å². The molecular formula is C133H84N12. The molecule has 0 unspecified atom stereocenters. The summed E-state index contributed by atoms with van der Waals surface area (Å²) in [5.74, 6) is 3.36. The molecule has 0 fully saturated rings. The summed E-state index contributed by atoms with van der Waals surface area (Å²) in [5.41, 5.74) is 31.7. The van der Waals surface area contributed by atoms with Crippen LogP contribution >= 0.6 is 0 Å². The van der Waals surface area contributed by atoms with E-state index in [1.165, 1.54) is 5.39 Å². The molecule has 7 aromatic heterocycles. The molecule has 28 rings (SSSR count). The molecule has 145 heavy (non-hydrogen) atoms. The molecule has 7 heterocycles. The molecule has 0 saturated carbocycles. The fourth-order valence-electron chi connectivity index (χ4n) is 22.0.